The van der Waals surface area contributed by atoms with Gasteiger partial charge < -0.3 is 4.65 Å². The molecule has 0 heterocycles. The van der Waals surface area contributed by atoms with Gasteiger partial charge >= 0.3 is 25.2 Å². The molecule has 0 aromatic heterocycles. The number of nitriles is 3. The third-order valence-electron chi connectivity index (χ3n) is 1.02. The van der Waals surface area contributed by atoms with Crippen molar-refractivity contribution in [2.24, 2.45) is 0 Å². The summed E-state index contributed by atoms with van der Waals surface area (Å²) in [4.78, 5) is 0. The third kappa shape index (κ3) is 3.47. The molecule has 0 N–H and O–H groups in total. The van der Waals surface area contributed by atoms with Crippen molar-refractivity contribution in [2.45, 2.75) is 20.0 Å². The first-order valence-corrected chi connectivity index (χ1v) is 3.16. The zero-order valence-electron chi connectivity index (χ0n) is 7.40. The summed E-state index contributed by atoms with van der Waals surface area (Å²) in [5.74, 6) is 4.69. The van der Waals surface area contributed by atoms with E-state index in [9.17, 15) is 0 Å². The predicted octanol–water partition coefficient (Wildman–Crippen LogP) is -2.45. The fourth-order valence-electron chi connectivity index (χ4n) is 0.586. The van der Waals surface area contributed by atoms with Gasteiger partial charge in [0.05, 0.1) is 0 Å². The van der Waals surface area contributed by atoms with Crippen molar-refractivity contribution in [1.29, 1.82) is 15.8 Å². The maximum atomic E-state index is 8.43. The minimum Gasteiger partial charge on any atom is -0.555 e. The smallest absolute Gasteiger partial charge is 0.555 e. The van der Waals surface area contributed by atoms with Crippen molar-refractivity contribution in [3.8, 4) is 17.9 Å². The number of nitrogens with zero attached hydrogens (tertiary/aromatic N) is 3. The molecule has 0 aliphatic carbocycles. The Morgan fingerprint density at radius 1 is 1.08 bits per heavy atom. The molecule has 0 rings (SSSR count). The summed E-state index contributed by atoms with van der Waals surface area (Å²) in [5.41, 5.74) is 0. The van der Waals surface area contributed by atoms with Crippen LogP contribution in [-0.4, -0.2) is 12.5 Å². The standard InChI is InChI=1S/C6H7BN3O.Li/c1-6(2)11-7(3-8,4-9)5-10;/h6H,1-2H3;/q-1;+1. The average Bonchev–Trinajstić information content (AvgIpc) is 2.00. The van der Waals surface area contributed by atoms with Crippen molar-refractivity contribution >= 4 is 6.35 Å². The molecule has 0 spiro atoms. The van der Waals surface area contributed by atoms with E-state index in [0.717, 1.165) is 0 Å². The van der Waals surface area contributed by atoms with Crippen LogP contribution >= 0.6 is 0 Å². The van der Waals surface area contributed by atoms with Gasteiger partial charge in [-0.05, 0) is 13.8 Å². The van der Waals surface area contributed by atoms with E-state index in [4.69, 9.17) is 20.4 Å². The minimum atomic E-state index is -2.58. The van der Waals surface area contributed by atoms with E-state index >= 15 is 0 Å². The molecule has 0 radical (unpaired) electrons. The fraction of sp³-hybridized carbons (Fsp3) is 0.500. The molecule has 0 fully saturated rings. The molecule has 0 saturated heterocycles. The normalized spacial score (nSPS) is 9.00. The van der Waals surface area contributed by atoms with Crippen molar-refractivity contribution in [3.63, 3.8) is 0 Å². The summed E-state index contributed by atoms with van der Waals surface area (Å²) in [7, 11) is 0. The van der Waals surface area contributed by atoms with Gasteiger partial charge in [0.15, 0.2) is 0 Å². The summed E-state index contributed by atoms with van der Waals surface area (Å²) in [6.45, 7) is 3.34. The zero-order valence-corrected chi connectivity index (χ0v) is 7.40. The van der Waals surface area contributed by atoms with E-state index in [1.165, 1.54) is 0 Å². The Morgan fingerprint density at radius 2 is 1.42 bits per heavy atom. The van der Waals surface area contributed by atoms with Crippen molar-refractivity contribution in [1.82, 2.24) is 0 Å². The van der Waals surface area contributed by atoms with E-state index in [1.54, 1.807) is 31.8 Å². The van der Waals surface area contributed by atoms with Crippen molar-refractivity contribution < 1.29 is 23.5 Å². The van der Waals surface area contributed by atoms with Gasteiger partial charge in [0, 0.05) is 6.10 Å². The summed E-state index contributed by atoms with van der Waals surface area (Å²) in [5, 5.41) is 25.3. The second-order valence-electron chi connectivity index (χ2n) is 2.36. The maximum absolute atomic E-state index is 8.43. The quantitative estimate of drug-likeness (QED) is 0.414. The zero-order chi connectivity index (χ0) is 8.91. The van der Waals surface area contributed by atoms with E-state index in [1.807, 2.05) is 0 Å². The van der Waals surface area contributed by atoms with Gasteiger partial charge in [0.2, 0.25) is 0 Å². The fourth-order valence-corrected chi connectivity index (χ4v) is 0.586. The number of hydrogen-bond acceptors (Lipinski definition) is 4. The van der Waals surface area contributed by atoms with Crippen LogP contribution in [0.3, 0.4) is 0 Å². The SMILES string of the molecule is CC(C)O[B-](C#N)(C#N)C#N.[Li+]. The van der Waals surface area contributed by atoms with Crippen LogP contribution < -0.4 is 18.9 Å². The molecule has 0 unspecified atom stereocenters. The van der Waals surface area contributed by atoms with Gasteiger partial charge in [0.1, 0.15) is 0 Å². The van der Waals surface area contributed by atoms with Gasteiger partial charge in [-0.25, -0.2) is 15.8 Å². The Balaban J connectivity index is 0. The van der Waals surface area contributed by atoms with Gasteiger partial charge in [-0.2, -0.15) is 0 Å². The first-order valence-electron chi connectivity index (χ1n) is 3.16. The molecule has 4 nitrogen and oxygen atoms in total. The van der Waals surface area contributed by atoms with E-state index < -0.39 is 6.35 Å². The Hall–Kier alpha value is -0.908. The monoisotopic (exact) mass is 155 g/mol. The first kappa shape index (κ1) is 13.7. The van der Waals surface area contributed by atoms with Gasteiger partial charge in [-0.15, -0.1) is 0 Å². The summed E-state index contributed by atoms with van der Waals surface area (Å²) >= 11 is 0. The second kappa shape index (κ2) is 5.71. The molecule has 0 atom stereocenters. The molecule has 12 heavy (non-hydrogen) atoms. The average molecular weight is 155 g/mol. The second-order valence-corrected chi connectivity index (χ2v) is 2.36. The van der Waals surface area contributed by atoms with Gasteiger partial charge in [0.25, 0.3) is 0 Å². The maximum Gasteiger partial charge on any atom is 1.00 e. The predicted molar refractivity (Wildman–Crippen MR) is 38.8 cm³/mol. The summed E-state index contributed by atoms with van der Waals surface area (Å²) < 4.78 is 4.86. The molecule has 0 bridgehead atoms. The number of rotatable bonds is 2. The molecular weight excluding hydrogens is 148 g/mol. The molecule has 0 aliphatic heterocycles. The third-order valence-corrected chi connectivity index (χ3v) is 1.02. The van der Waals surface area contributed by atoms with E-state index in [0.29, 0.717) is 0 Å². The Morgan fingerprint density at radius 3 is 1.50 bits per heavy atom. The molecule has 0 aliphatic rings. The summed E-state index contributed by atoms with van der Waals surface area (Å²) in [6, 6.07) is 0. The van der Waals surface area contributed by atoms with Crippen LogP contribution in [0, 0.1) is 33.7 Å². The Bertz CT molecular complexity index is 223. The molecule has 6 heteroatoms. The van der Waals surface area contributed by atoms with Crippen LogP contribution in [-0.2, 0) is 4.65 Å². The van der Waals surface area contributed by atoms with Crippen molar-refractivity contribution in [2.75, 3.05) is 0 Å². The minimum absolute atomic E-state index is 0. The molecule has 0 aromatic rings. The molecule has 0 aromatic carbocycles. The van der Waals surface area contributed by atoms with Gasteiger partial charge in [-0.3, -0.25) is 0 Å². The Kier molecular flexibility index (Phi) is 6.50. The van der Waals surface area contributed by atoms with Crippen LogP contribution in [0.2, 0.25) is 0 Å². The molecular formula is C6H7BLiN3O. The van der Waals surface area contributed by atoms with E-state index in [2.05, 4.69) is 0 Å². The van der Waals surface area contributed by atoms with E-state index in [-0.39, 0.29) is 25.0 Å². The topological polar surface area (TPSA) is 80.6 Å². The molecule has 0 amide bonds. The molecule has 56 valence electrons. The van der Waals surface area contributed by atoms with Crippen LogP contribution in [0.1, 0.15) is 13.8 Å². The molecule has 0 saturated carbocycles. The largest absolute Gasteiger partial charge is 1.00 e. The van der Waals surface area contributed by atoms with Gasteiger partial charge in [-0.1, -0.05) is 17.9 Å². The van der Waals surface area contributed by atoms with Crippen LogP contribution in [0.15, 0.2) is 0 Å². The number of hydrogen-bond donors (Lipinski definition) is 0. The van der Waals surface area contributed by atoms with Crippen molar-refractivity contribution in [3.05, 3.63) is 0 Å². The Labute approximate surface area is 83.8 Å². The summed E-state index contributed by atoms with van der Waals surface area (Å²) in [6.07, 6.45) is -2.86. The van der Waals surface area contributed by atoms with Crippen LogP contribution in [0.5, 0.6) is 0 Å². The van der Waals surface area contributed by atoms with Crippen LogP contribution in [0.25, 0.3) is 0 Å². The first-order chi connectivity index (χ1) is 5.10. The van der Waals surface area contributed by atoms with Crippen LogP contribution in [0.4, 0.5) is 0 Å².